The number of benzene rings is 1. The number of amides is 1. The third kappa shape index (κ3) is 3.94. The van der Waals surface area contributed by atoms with Crippen molar-refractivity contribution in [2.75, 3.05) is 14.2 Å². The minimum Gasteiger partial charge on any atom is -0.493 e. The molecule has 120 valence electrons. The Balaban J connectivity index is 2.16. The Hall–Kier alpha value is -3.16. The summed E-state index contributed by atoms with van der Waals surface area (Å²) in [4.78, 5) is 29.2. The molecule has 0 atom stereocenters. The Morgan fingerprint density at radius 1 is 1.35 bits per heavy atom. The van der Waals surface area contributed by atoms with Crippen molar-refractivity contribution in [3.63, 3.8) is 0 Å². The first-order valence-corrected chi connectivity index (χ1v) is 6.67. The maximum Gasteiger partial charge on any atom is 0.345 e. The summed E-state index contributed by atoms with van der Waals surface area (Å²) in [6, 6.07) is 6.73. The predicted molar refractivity (Wildman–Crippen MR) is 84.2 cm³/mol. The van der Waals surface area contributed by atoms with Gasteiger partial charge in [-0.2, -0.15) is 10.1 Å². The van der Waals surface area contributed by atoms with E-state index < -0.39 is 11.6 Å². The molecule has 0 unspecified atom stereocenters. The monoisotopic (exact) mass is 316 g/mol. The van der Waals surface area contributed by atoms with Crippen LogP contribution in [0.1, 0.15) is 21.7 Å². The van der Waals surface area contributed by atoms with Crippen LogP contribution in [0.5, 0.6) is 11.5 Å². The van der Waals surface area contributed by atoms with Gasteiger partial charge in [-0.3, -0.25) is 4.79 Å². The van der Waals surface area contributed by atoms with Crippen molar-refractivity contribution >= 4 is 12.1 Å². The second-order valence-corrected chi connectivity index (χ2v) is 4.54. The molecule has 0 spiro atoms. The van der Waals surface area contributed by atoms with Crippen molar-refractivity contribution < 1.29 is 14.3 Å². The van der Waals surface area contributed by atoms with Crippen molar-refractivity contribution in [2.45, 2.75) is 6.92 Å². The second-order valence-electron chi connectivity index (χ2n) is 4.54. The first-order chi connectivity index (χ1) is 11.0. The summed E-state index contributed by atoms with van der Waals surface area (Å²) in [5, 5.41) is 3.85. The first kappa shape index (κ1) is 16.2. The van der Waals surface area contributed by atoms with Gasteiger partial charge in [-0.05, 0) is 25.1 Å². The Labute approximate surface area is 132 Å². The lowest BCUT2D eigenvalue weighted by Gasteiger charge is -2.09. The van der Waals surface area contributed by atoms with E-state index >= 15 is 0 Å². The number of nitrogens with one attached hydrogen (secondary N) is 2. The third-order valence-corrected chi connectivity index (χ3v) is 2.92. The summed E-state index contributed by atoms with van der Waals surface area (Å²) < 4.78 is 10.4. The number of aromatic amines is 1. The molecule has 0 aliphatic rings. The normalized spacial score (nSPS) is 10.6. The fourth-order valence-electron chi connectivity index (χ4n) is 1.93. The molecule has 0 bridgehead atoms. The van der Waals surface area contributed by atoms with Crippen LogP contribution < -0.4 is 20.6 Å². The van der Waals surface area contributed by atoms with Gasteiger partial charge < -0.3 is 14.5 Å². The van der Waals surface area contributed by atoms with Crippen LogP contribution in [0.25, 0.3) is 0 Å². The van der Waals surface area contributed by atoms with Crippen molar-refractivity contribution in [3.05, 3.63) is 51.7 Å². The number of H-pyrrole nitrogens is 1. The molecule has 2 N–H and O–H groups in total. The average molecular weight is 316 g/mol. The number of para-hydroxylation sites is 1. The number of carbonyl (C=O) groups is 1. The molecule has 2 rings (SSSR count). The van der Waals surface area contributed by atoms with Crippen LogP contribution in [0.2, 0.25) is 0 Å². The lowest BCUT2D eigenvalue weighted by atomic mass is 10.2. The summed E-state index contributed by atoms with van der Waals surface area (Å²) in [6.45, 7) is 1.66. The number of nitrogens with zero attached hydrogens (tertiary/aromatic N) is 2. The molecule has 2 aromatic rings. The third-order valence-electron chi connectivity index (χ3n) is 2.92. The maximum absolute atomic E-state index is 11.9. The minimum atomic E-state index is -0.589. The van der Waals surface area contributed by atoms with Crippen molar-refractivity contribution in [2.24, 2.45) is 5.10 Å². The van der Waals surface area contributed by atoms with Crippen LogP contribution in [-0.2, 0) is 0 Å². The zero-order valence-corrected chi connectivity index (χ0v) is 12.9. The van der Waals surface area contributed by atoms with Gasteiger partial charge in [0.05, 0.1) is 20.4 Å². The van der Waals surface area contributed by atoms with Gasteiger partial charge in [0.15, 0.2) is 11.5 Å². The van der Waals surface area contributed by atoms with Crippen molar-refractivity contribution in [1.29, 1.82) is 0 Å². The van der Waals surface area contributed by atoms with E-state index in [9.17, 15) is 9.59 Å². The summed E-state index contributed by atoms with van der Waals surface area (Å²) in [6.07, 6.45) is 1.42. The molecule has 8 heteroatoms. The van der Waals surface area contributed by atoms with Gasteiger partial charge in [0.1, 0.15) is 5.69 Å². The number of aromatic nitrogens is 2. The largest absolute Gasteiger partial charge is 0.493 e. The van der Waals surface area contributed by atoms with E-state index in [4.69, 9.17) is 9.47 Å². The Morgan fingerprint density at radius 3 is 2.78 bits per heavy atom. The smallest absolute Gasteiger partial charge is 0.345 e. The van der Waals surface area contributed by atoms with Gasteiger partial charge in [0.2, 0.25) is 0 Å². The number of aryl methyl sites for hydroxylation is 1. The topological polar surface area (TPSA) is 106 Å². The lowest BCUT2D eigenvalue weighted by molar-refractivity contribution is 0.0949. The van der Waals surface area contributed by atoms with E-state index in [1.54, 1.807) is 25.1 Å². The van der Waals surface area contributed by atoms with Gasteiger partial charge in [0.25, 0.3) is 5.91 Å². The number of hydrogen-bond acceptors (Lipinski definition) is 6. The molecule has 1 amide bonds. The highest BCUT2D eigenvalue weighted by Crippen LogP contribution is 2.29. The molecule has 0 saturated heterocycles. The van der Waals surface area contributed by atoms with E-state index in [0.717, 1.165) is 0 Å². The highest BCUT2D eigenvalue weighted by atomic mass is 16.5. The van der Waals surface area contributed by atoms with Gasteiger partial charge in [0, 0.05) is 11.3 Å². The maximum atomic E-state index is 11.9. The molecule has 0 aliphatic carbocycles. The first-order valence-electron chi connectivity index (χ1n) is 6.67. The molecule has 1 heterocycles. The molecule has 0 fully saturated rings. The summed E-state index contributed by atoms with van der Waals surface area (Å²) in [5.74, 6) is 0.463. The summed E-state index contributed by atoms with van der Waals surface area (Å²) >= 11 is 0. The van der Waals surface area contributed by atoms with Gasteiger partial charge in [-0.25, -0.2) is 10.2 Å². The molecule has 0 radical (unpaired) electrons. The molecular weight excluding hydrogens is 300 g/mol. The lowest BCUT2D eigenvalue weighted by Crippen LogP contribution is -2.24. The predicted octanol–water partition coefficient (Wildman–Crippen LogP) is 0.859. The fraction of sp³-hybridized carbons (Fsp3) is 0.200. The van der Waals surface area contributed by atoms with Gasteiger partial charge in [-0.15, -0.1) is 0 Å². The van der Waals surface area contributed by atoms with E-state index in [2.05, 4.69) is 20.5 Å². The zero-order chi connectivity index (χ0) is 16.8. The van der Waals surface area contributed by atoms with E-state index in [1.165, 1.54) is 26.5 Å². The minimum absolute atomic E-state index is 0.0130. The average Bonchev–Trinajstić information content (AvgIpc) is 2.53. The van der Waals surface area contributed by atoms with Crippen LogP contribution >= 0.6 is 0 Å². The zero-order valence-electron chi connectivity index (χ0n) is 12.9. The summed E-state index contributed by atoms with van der Waals surface area (Å²) in [5.41, 5.74) is 2.87. The molecule has 1 aromatic carbocycles. The van der Waals surface area contributed by atoms with Crippen LogP contribution in [0.4, 0.5) is 0 Å². The van der Waals surface area contributed by atoms with Crippen molar-refractivity contribution in [1.82, 2.24) is 15.4 Å². The second kappa shape index (κ2) is 7.21. The standard InChI is InChI=1S/C15H16N4O4/c1-9-7-11(18-15(21)17-9)14(20)19-16-8-10-5-4-6-12(22-2)13(10)23-3/h4-8H,1-3H3,(H,19,20)(H,17,18,21)/b16-8+. The van der Waals surface area contributed by atoms with E-state index in [0.29, 0.717) is 22.8 Å². The number of ether oxygens (including phenoxy) is 2. The van der Waals surface area contributed by atoms with Crippen LogP contribution in [0, 0.1) is 6.92 Å². The Morgan fingerprint density at radius 2 is 2.13 bits per heavy atom. The van der Waals surface area contributed by atoms with Gasteiger partial charge in [-0.1, -0.05) is 6.07 Å². The Bertz CT molecular complexity index is 798. The van der Waals surface area contributed by atoms with Crippen LogP contribution in [0.3, 0.4) is 0 Å². The molecule has 8 nitrogen and oxygen atoms in total. The number of hydrogen-bond donors (Lipinski definition) is 2. The molecular formula is C15H16N4O4. The Kier molecular flexibility index (Phi) is 5.08. The molecule has 0 aliphatic heterocycles. The molecule has 23 heavy (non-hydrogen) atoms. The number of rotatable bonds is 5. The summed E-state index contributed by atoms with van der Waals surface area (Å²) in [7, 11) is 3.04. The molecule has 0 saturated carbocycles. The van der Waals surface area contributed by atoms with E-state index in [1.807, 2.05) is 0 Å². The number of methoxy groups -OCH3 is 2. The van der Waals surface area contributed by atoms with Crippen LogP contribution in [-0.4, -0.2) is 36.3 Å². The van der Waals surface area contributed by atoms with Crippen LogP contribution in [0.15, 0.2) is 34.2 Å². The molecule has 1 aromatic heterocycles. The quantitative estimate of drug-likeness (QED) is 0.628. The fourth-order valence-corrected chi connectivity index (χ4v) is 1.93. The SMILES string of the molecule is COc1cccc(/C=N/NC(=O)c2cc(C)[nH]c(=O)n2)c1OC. The van der Waals surface area contributed by atoms with Crippen molar-refractivity contribution in [3.8, 4) is 11.5 Å². The highest BCUT2D eigenvalue weighted by Gasteiger charge is 2.09. The number of hydrazone groups is 1. The van der Waals surface area contributed by atoms with Gasteiger partial charge >= 0.3 is 5.69 Å². The highest BCUT2D eigenvalue weighted by molar-refractivity contribution is 5.93. The van der Waals surface area contributed by atoms with E-state index in [-0.39, 0.29) is 5.69 Å². The number of carbonyl (C=O) groups excluding carboxylic acids is 1.